The van der Waals surface area contributed by atoms with Crippen LogP contribution in [0.3, 0.4) is 0 Å². The lowest BCUT2D eigenvalue weighted by Crippen LogP contribution is -2.41. The first-order valence-corrected chi connectivity index (χ1v) is 12.7. The van der Waals surface area contributed by atoms with Gasteiger partial charge in [0.05, 0.1) is 17.5 Å². The van der Waals surface area contributed by atoms with Gasteiger partial charge in [-0.05, 0) is 66.6 Å². The van der Waals surface area contributed by atoms with Crippen LogP contribution in [0.2, 0.25) is 10.0 Å². The largest absolute Gasteiger partial charge is 0.348 e. The van der Waals surface area contributed by atoms with E-state index < -0.39 is 15.9 Å². The Labute approximate surface area is 206 Å². The highest BCUT2D eigenvalue weighted by molar-refractivity contribution is 9.10. The van der Waals surface area contributed by atoms with E-state index in [0.29, 0.717) is 15.6 Å². The van der Waals surface area contributed by atoms with Crippen molar-refractivity contribution in [2.75, 3.05) is 6.54 Å². The van der Waals surface area contributed by atoms with E-state index in [9.17, 15) is 13.2 Å². The zero-order chi connectivity index (χ0) is 23.3. The molecule has 0 aromatic heterocycles. The van der Waals surface area contributed by atoms with Crippen LogP contribution in [0.4, 0.5) is 0 Å². The summed E-state index contributed by atoms with van der Waals surface area (Å²) in [5.74, 6) is -0.413. The summed E-state index contributed by atoms with van der Waals surface area (Å²) < 4.78 is 28.7. The molecule has 5 nitrogen and oxygen atoms in total. The van der Waals surface area contributed by atoms with Crippen molar-refractivity contribution in [1.29, 1.82) is 0 Å². The van der Waals surface area contributed by atoms with Crippen molar-refractivity contribution < 1.29 is 13.2 Å². The second-order valence-electron chi connectivity index (χ2n) is 7.20. The van der Waals surface area contributed by atoms with Crippen LogP contribution in [0.25, 0.3) is 0 Å². The summed E-state index contributed by atoms with van der Waals surface area (Å²) >= 11 is 15.3. The number of halogens is 3. The predicted molar refractivity (Wildman–Crippen MR) is 131 cm³/mol. The minimum absolute atomic E-state index is 0.0147. The summed E-state index contributed by atoms with van der Waals surface area (Å²) in [7, 11) is -3.95. The van der Waals surface area contributed by atoms with Crippen LogP contribution < -0.4 is 5.32 Å². The predicted octanol–water partition coefficient (Wildman–Crippen LogP) is 5.82. The third-order valence-corrected chi connectivity index (χ3v) is 7.57. The van der Waals surface area contributed by atoms with Crippen molar-refractivity contribution in [3.63, 3.8) is 0 Å². The highest BCUT2D eigenvalue weighted by Crippen LogP contribution is 2.22. The number of nitrogens with one attached hydrogen (secondary N) is 1. The van der Waals surface area contributed by atoms with E-state index in [-0.39, 0.29) is 24.0 Å². The average molecular weight is 556 g/mol. The molecule has 32 heavy (non-hydrogen) atoms. The van der Waals surface area contributed by atoms with Crippen molar-refractivity contribution in [2.45, 2.75) is 24.4 Å². The fourth-order valence-electron chi connectivity index (χ4n) is 3.08. The molecule has 0 unspecified atom stereocenters. The molecule has 0 radical (unpaired) electrons. The Morgan fingerprint density at radius 2 is 1.59 bits per heavy atom. The van der Waals surface area contributed by atoms with Gasteiger partial charge in [-0.15, -0.1) is 0 Å². The SMILES string of the molecule is C[C@H](NC(=O)CN(Cc1ccc(Cl)cc1)S(=O)(=O)c1ccc(Cl)cc1)c1cccc(Br)c1. The Morgan fingerprint density at radius 1 is 1.00 bits per heavy atom. The van der Waals surface area contributed by atoms with Gasteiger partial charge in [0.15, 0.2) is 0 Å². The van der Waals surface area contributed by atoms with Crippen molar-refractivity contribution in [2.24, 2.45) is 0 Å². The molecule has 0 bridgehead atoms. The highest BCUT2D eigenvalue weighted by atomic mass is 79.9. The Kier molecular flexibility index (Phi) is 8.36. The van der Waals surface area contributed by atoms with Crippen LogP contribution in [0.15, 0.2) is 82.2 Å². The average Bonchev–Trinajstić information content (AvgIpc) is 2.75. The molecule has 168 valence electrons. The Bertz CT molecular complexity index is 1190. The number of carbonyl (C=O) groups is 1. The third kappa shape index (κ3) is 6.56. The number of hydrogen-bond donors (Lipinski definition) is 1. The molecule has 0 heterocycles. The van der Waals surface area contributed by atoms with Gasteiger partial charge in [0.25, 0.3) is 0 Å². The van der Waals surface area contributed by atoms with Gasteiger partial charge in [-0.2, -0.15) is 4.31 Å². The monoisotopic (exact) mass is 554 g/mol. The lowest BCUT2D eigenvalue weighted by molar-refractivity contribution is -0.122. The van der Waals surface area contributed by atoms with Gasteiger partial charge in [-0.3, -0.25) is 4.79 Å². The quantitative estimate of drug-likeness (QED) is 0.380. The minimum Gasteiger partial charge on any atom is -0.348 e. The van der Waals surface area contributed by atoms with Gasteiger partial charge in [-0.25, -0.2) is 8.42 Å². The van der Waals surface area contributed by atoms with Crippen LogP contribution >= 0.6 is 39.1 Å². The standard InChI is InChI=1S/C23H21BrCl2N2O3S/c1-16(18-3-2-4-19(24)13-18)27-23(29)15-28(14-17-5-7-20(25)8-6-17)32(30,31)22-11-9-21(26)10-12-22/h2-13,16H,14-15H2,1H3,(H,27,29)/t16-/m0/s1. The van der Waals surface area contributed by atoms with Gasteiger partial charge in [0, 0.05) is 21.1 Å². The molecule has 1 amide bonds. The van der Waals surface area contributed by atoms with Crippen molar-refractivity contribution in [1.82, 2.24) is 9.62 Å². The molecule has 0 aliphatic heterocycles. The van der Waals surface area contributed by atoms with Gasteiger partial charge in [-0.1, -0.05) is 63.4 Å². The zero-order valence-corrected chi connectivity index (χ0v) is 21.0. The molecule has 0 aliphatic carbocycles. The van der Waals surface area contributed by atoms with E-state index in [4.69, 9.17) is 23.2 Å². The number of nitrogens with zero attached hydrogens (tertiary/aromatic N) is 1. The molecule has 0 saturated heterocycles. The van der Waals surface area contributed by atoms with Crippen LogP contribution in [-0.2, 0) is 21.4 Å². The molecule has 0 aliphatic rings. The molecule has 0 fully saturated rings. The van der Waals surface area contributed by atoms with Gasteiger partial charge >= 0.3 is 0 Å². The summed E-state index contributed by atoms with van der Waals surface area (Å²) in [5.41, 5.74) is 1.61. The van der Waals surface area contributed by atoms with Gasteiger partial charge in [0.1, 0.15) is 0 Å². The smallest absolute Gasteiger partial charge is 0.243 e. The number of rotatable bonds is 8. The van der Waals surface area contributed by atoms with E-state index in [2.05, 4.69) is 21.2 Å². The van der Waals surface area contributed by atoms with E-state index >= 15 is 0 Å². The Hall–Kier alpha value is -1.90. The first kappa shape index (κ1) is 24.7. The minimum atomic E-state index is -3.95. The second-order valence-corrected chi connectivity index (χ2v) is 10.9. The first-order chi connectivity index (χ1) is 15.1. The molecule has 0 spiro atoms. The van der Waals surface area contributed by atoms with E-state index in [0.717, 1.165) is 14.3 Å². The molecule has 3 aromatic carbocycles. The van der Waals surface area contributed by atoms with E-state index in [1.54, 1.807) is 24.3 Å². The van der Waals surface area contributed by atoms with Crippen LogP contribution in [-0.4, -0.2) is 25.2 Å². The number of amides is 1. The maximum Gasteiger partial charge on any atom is 0.243 e. The maximum absolute atomic E-state index is 13.3. The van der Waals surface area contributed by atoms with Crippen molar-refractivity contribution in [3.8, 4) is 0 Å². The second kappa shape index (κ2) is 10.8. The summed E-state index contributed by atoms with van der Waals surface area (Å²) in [5, 5.41) is 3.84. The normalized spacial score (nSPS) is 12.5. The first-order valence-electron chi connectivity index (χ1n) is 9.70. The number of sulfonamides is 1. The van der Waals surface area contributed by atoms with E-state index in [1.165, 1.54) is 24.3 Å². The molecule has 1 N–H and O–H groups in total. The van der Waals surface area contributed by atoms with Gasteiger partial charge < -0.3 is 5.32 Å². The summed E-state index contributed by atoms with van der Waals surface area (Å²) in [6.07, 6.45) is 0. The molecule has 3 aromatic rings. The summed E-state index contributed by atoms with van der Waals surface area (Å²) in [4.78, 5) is 12.9. The lowest BCUT2D eigenvalue weighted by atomic mass is 10.1. The van der Waals surface area contributed by atoms with Crippen LogP contribution in [0, 0.1) is 0 Å². The molecule has 0 saturated carbocycles. The third-order valence-electron chi connectivity index (χ3n) is 4.77. The van der Waals surface area contributed by atoms with Crippen molar-refractivity contribution in [3.05, 3.63) is 98.4 Å². The number of hydrogen-bond acceptors (Lipinski definition) is 3. The molecular formula is C23H21BrCl2N2O3S. The zero-order valence-electron chi connectivity index (χ0n) is 17.1. The fourth-order valence-corrected chi connectivity index (χ4v) is 5.13. The molecule has 9 heteroatoms. The summed E-state index contributed by atoms with van der Waals surface area (Å²) in [6.45, 7) is 1.52. The van der Waals surface area contributed by atoms with Crippen LogP contribution in [0.5, 0.6) is 0 Å². The van der Waals surface area contributed by atoms with Gasteiger partial charge in [0.2, 0.25) is 15.9 Å². The maximum atomic E-state index is 13.3. The molecule has 3 rings (SSSR count). The summed E-state index contributed by atoms with van der Waals surface area (Å²) in [6, 6.07) is 20.0. The topological polar surface area (TPSA) is 66.5 Å². The highest BCUT2D eigenvalue weighted by Gasteiger charge is 2.27. The molecular weight excluding hydrogens is 535 g/mol. The lowest BCUT2D eigenvalue weighted by Gasteiger charge is -2.23. The fraction of sp³-hybridized carbons (Fsp3) is 0.174. The number of benzene rings is 3. The Balaban J connectivity index is 1.83. The molecule has 1 atom stereocenters. The number of carbonyl (C=O) groups excluding carboxylic acids is 1. The van der Waals surface area contributed by atoms with Crippen LogP contribution in [0.1, 0.15) is 24.1 Å². The van der Waals surface area contributed by atoms with Crippen molar-refractivity contribution >= 4 is 55.1 Å². The van der Waals surface area contributed by atoms with E-state index in [1.807, 2.05) is 31.2 Å². The Morgan fingerprint density at radius 3 is 2.19 bits per heavy atom.